The molecule has 0 saturated heterocycles. The van der Waals surface area contributed by atoms with Crippen LogP contribution < -0.4 is 5.32 Å². The molecular weight excluding hydrogens is 290 g/mol. The summed E-state index contributed by atoms with van der Waals surface area (Å²) in [5.74, 6) is -1.18. The first kappa shape index (κ1) is 15.7. The minimum absolute atomic E-state index is 0.161. The second kappa shape index (κ2) is 6.72. The van der Waals surface area contributed by atoms with Gasteiger partial charge in [0.05, 0.1) is 18.1 Å². The first-order valence-corrected chi connectivity index (χ1v) is 5.55. The molecule has 0 aliphatic carbocycles. The SMILES string of the molecule is O=C(CCOCC(F)(F)F)Nc1ccc(F)c(Cl)c1. The fourth-order valence-corrected chi connectivity index (χ4v) is 1.33. The van der Waals surface area contributed by atoms with E-state index in [1.165, 1.54) is 12.1 Å². The van der Waals surface area contributed by atoms with Crippen molar-refractivity contribution in [1.82, 2.24) is 0 Å². The summed E-state index contributed by atoms with van der Waals surface area (Å²) in [6.07, 6.45) is -4.66. The molecule has 19 heavy (non-hydrogen) atoms. The van der Waals surface area contributed by atoms with Crippen LogP contribution in [-0.2, 0) is 9.53 Å². The molecule has 0 unspecified atom stereocenters. The number of benzene rings is 1. The molecule has 1 N–H and O–H groups in total. The number of ether oxygens (including phenoxy) is 1. The highest BCUT2D eigenvalue weighted by Gasteiger charge is 2.27. The maximum absolute atomic E-state index is 12.8. The van der Waals surface area contributed by atoms with Crippen molar-refractivity contribution >= 4 is 23.2 Å². The maximum Gasteiger partial charge on any atom is 0.411 e. The quantitative estimate of drug-likeness (QED) is 0.668. The number of hydrogen-bond donors (Lipinski definition) is 1. The third-order valence-corrected chi connectivity index (χ3v) is 2.23. The smallest absolute Gasteiger partial charge is 0.372 e. The van der Waals surface area contributed by atoms with Crippen LogP contribution in [0.5, 0.6) is 0 Å². The second-order valence-corrected chi connectivity index (χ2v) is 4.00. The Hall–Kier alpha value is -1.34. The predicted octanol–water partition coefficient (Wildman–Crippen LogP) is 3.39. The molecule has 0 aliphatic heterocycles. The topological polar surface area (TPSA) is 38.3 Å². The standard InChI is InChI=1S/C11H10ClF4NO2/c12-8-5-7(1-2-9(8)13)17-10(18)3-4-19-6-11(14,15)16/h1-2,5H,3-4,6H2,(H,17,18). The normalized spacial score (nSPS) is 11.4. The number of halogens is 5. The van der Waals surface area contributed by atoms with E-state index in [0.29, 0.717) is 0 Å². The van der Waals surface area contributed by atoms with E-state index in [9.17, 15) is 22.4 Å². The number of anilines is 1. The van der Waals surface area contributed by atoms with Crippen LogP contribution in [-0.4, -0.2) is 25.3 Å². The van der Waals surface area contributed by atoms with Gasteiger partial charge in [-0.2, -0.15) is 13.2 Å². The van der Waals surface area contributed by atoms with Crippen molar-refractivity contribution in [1.29, 1.82) is 0 Å². The van der Waals surface area contributed by atoms with E-state index in [4.69, 9.17) is 11.6 Å². The zero-order valence-electron chi connectivity index (χ0n) is 9.56. The van der Waals surface area contributed by atoms with E-state index in [0.717, 1.165) is 6.07 Å². The third-order valence-electron chi connectivity index (χ3n) is 1.94. The fourth-order valence-electron chi connectivity index (χ4n) is 1.15. The second-order valence-electron chi connectivity index (χ2n) is 3.59. The Kier molecular flexibility index (Phi) is 5.56. The number of rotatable bonds is 5. The summed E-state index contributed by atoms with van der Waals surface area (Å²) in [5.41, 5.74) is 0.257. The Morgan fingerprint density at radius 2 is 2.05 bits per heavy atom. The molecule has 106 valence electrons. The zero-order valence-corrected chi connectivity index (χ0v) is 10.3. The lowest BCUT2D eigenvalue weighted by Crippen LogP contribution is -2.20. The van der Waals surface area contributed by atoms with Crippen molar-refractivity contribution < 1.29 is 27.1 Å². The van der Waals surface area contributed by atoms with Crippen LogP contribution in [0, 0.1) is 5.82 Å². The highest BCUT2D eigenvalue weighted by molar-refractivity contribution is 6.31. The highest BCUT2D eigenvalue weighted by atomic mass is 35.5. The monoisotopic (exact) mass is 299 g/mol. The molecule has 0 saturated carbocycles. The lowest BCUT2D eigenvalue weighted by atomic mass is 10.3. The Bertz CT molecular complexity index is 451. The van der Waals surface area contributed by atoms with Gasteiger partial charge in [-0.3, -0.25) is 4.79 Å². The zero-order chi connectivity index (χ0) is 14.5. The average Bonchev–Trinajstić information content (AvgIpc) is 2.28. The molecule has 0 atom stereocenters. The molecule has 0 fully saturated rings. The fraction of sp³-hybridized carbons (Fsp3) is 0.364. The highest BCUT2D eigenvalue weighted by Crippen LogP contribution is 2.19. The summed E-state index contributed by atoms with van der Waals surface area (Å²) in [4.78, 5) is 11.3. The van der Waals surface area contributed by atoms with Gasteiger partial charge in [-0.15, -0.1) is 0 Å². The van der Waals surface area contributed by atoms with E-state index >= 15 is 0 Å². The van der Waals surface area contributed by atoms with Crippen LogP contribution in [0.1, 0.15) is 6.42 Å². The molecule has 3 nitrogen and oxygen atoms in total. The summed E-state index contributed by atoms with van der Waals surface area (Å²) >= 11 is 5.50. The van der Waals surface area contributed by atoms with Crippen molar-refractivity contribution in [2.24, 2.45) is 0 Å². The van der Waals surface area contributed by atoms with E-state index in [2.05, 4.69) is 10.1 Å². The summed E-state index contributed by atoms with van der Waals surface area (Å²) in [7, 11) is 0. The molecule has 8 heteroatoms. The molecule has 0 heterocycles. The molecule has 1 rings (SSSR count). The third kappa shape index (κ3) is 6.40. The van der Waals surface area contributed by atoms with Gasteiger partial charge >= 0.3 is 6.18 Å². The molecular formula is C11H10ClF4NO2. The molecule has 0 aliphatic rings. The summed E-state index contributed by atoms with van der Waals surface area (Å²) in [5, 5.41) is 2.20. The van der Waals surface area contributed by atoms with Gasteiger partial charge in [0.2, 0.25) is 5.91 Å². The molecule has 0 radical (unpaired) electrons. The van der Waals surface area contributed by atoms with Gasteiger partial charge in [0, 0.05) is 5.69 Å². The van der Waals surface area contributed by atoms with Crippen molar-refractivity contribution in [3.8, 4) is 0 Å². The van der Waals surface area contributed by atoms with E-state index in [1.807, 2.05) is 0 Å². The van der Waals surface area contributed by atoms with Crippen LogP contribution in [0.15, 0.2) is 18.2 Å². The van der Waals surface area contributed by atoms with Gasteiger partial charge in [0.25, 0.3) is 0 Å². The number of nitrogens with one attached hydrogen (secondary N) is 1. The predicted molar refractivity (Wildman–Crippen MR) is 61.5 cm³/mol. The Morgan fingerprint density at radius 1 is 1.37 bits per heavy atom. The summed E-state index contributed by atoms with van der Waals surface area (Å²) in [6.45, 7) is -1.76. The van der Waals surface area contributed by atoms with Crippen LogP contribution in [0.2, 0.25) is 5.02 Å². The molecule has 1 aromatic carbocycles. The van der Waals surface area contributed by atoms with Crippen LogP contribution in [0.25, 0.3) is 0 Å². The van der Waals surface area contributed by atoms with E-state index in [1.54, 1.807) is 0 Å². The van der Waals surface area contributed by atoms with Gasteiger partial charge in [-0.05, 0) is 18.2 Å². The average molecular weight is 300 g/mol. The number of alkyl halides is 3. The van der Waals surface area contributed by atoms with Crippen molar-refractivity contribution in [2.45, 2.75) is 12.6 Å². The van der Waals surface area contributed by atoms with Crippen molar-refractivity contribution in [3.63, 3.8) is 0 Å². The van der Waals surface area contributed by atoms with Crippen molar-refractivity contribution in [3.05, 3.63) is 29.0 Å². The largest absolute Gasteiger partial charge is 0.411 e. The lowest BCUT2D eigenvalue weighted by Gasteiger charge is -2.08. The number of carbonyl (C=O) groups is 1. The van der Waals surface area contributed by atoms with Crippen LogP contribution >= 0.6 is 11.6 Å². The number of amides is 1. The Balaban J connectivity index is 2.33. The van der Waals surface area contributed by atoms with Gasteiger partial charge in [0.15, 0.2) is 0 Å². The Morgan fingerprint density at radius 3 is 2.63 bits per heavy atom. The molecule has 0 bridgehead atoms. The summed E-state index contributed by atoms with van der Waals surface area (Å²) in [6, 6.07) is 3.55. The van der Waals surface area contributed by atoms with E-state index < -0.39 is 24.5 Å². The van der Waals surface area contributed by atoms with Gasteiger partial charge in [-0.25, -0.2) is 4.39 Å². The molecule has 0 spiro atoms. The van der Waals surface area contributed by atoms with Crippen LogP contribution in [0.4, 0.5) is 23.2 Å². The van der Waals surface area contributed by atoms with Gasteiger partial charge < -0.3 is 10.1 Å². The minimum Gasteiger partial charge on any atom is -0.372 e. The summed E-state index contributed by atoms with van der Waals surface area (Å²) < 4.78 is 52.3. The van der Waals surface area contributed by atoms with Crippen molar-refractivity contribution in [2.75, 3.05) is 18.5 Å². The maximum atomic E-state index is 12.8. The number of carbonyl (C=O) groups excluding carboxylic acids is 1. The number of hydrogen-bond acceptors (Lipinski definition) is 2. The van der Waals surface area contributed by atoms with E-state index in [-0.39, 0.29) is 23.7 Å². The molecule has 0 aromatic heterocycles. The minimum atomic E-state index is -4.42. The molecule has 1 amide bonds. The molecule has 1 aromatic rings. The Labute approximate surface area is 111 Å². The van der Waals surface area contributed by atoms with Gasteiger partial charge in [0.1, 0.15) is 12.4 Å². The first-order valence-electron chi connectivity index (χ1n) is 5.17. The van der Waals surface area contributed by atoms with Gasteiger partial charge in [-0.1, -0.05) is 11.6 Å². The van der Waals surface area contributed by atoms with Crippen LogP contribution in [0.3, 0.4) is 0 Å². The first-order chi connectivity index (χ1) is 8.78. The lowest BCUT2D eigenvalue weighted by molar-refractivity contribution is -0.174.